The molecule has 4 rings (SSSR count). The predicted octanol–water partition coefficient (Wildman–Crippen LogP) is 5.23. The van der Waals surface area contributed by atoms with Gasteiger partial charge in [-0.05, 0) is 68.3 Å². The van der Waals surface area contributed by atoms with Gasteiger partial charge in [-0.15, -0.1) is 0 Å². The number of ether oxygens (including phenoxy) is 2. The molecule has 0 saturated heterocycles. The number of rotatable bonds is 10. The minimum absolute atomic E-state index is 0.000681. The second-order valence-corrected chi connectivity index (χ2v) is 8.50. The lowest BCUT2D eigenvalue weighted by Gasteiger charge is -2.15. The van der Waals surface area contributed by atoms with E-state index in [9.17, 15) is 14.4 Å². The lowest BCUT2D eigenvalue weighted by molar-refractivity contribution is -0.116. The minimum atomic E-state index is -0.399. The Morgan fingerprint density at radius 1 is 0.838 bits per heavy atom. The summed E-state index contributed by atoms with van der Waals surface area (Å²) in [4.78, 5) is 39.8. The Hall–Kier alpha value is -4.39. The molecule has 0 spiro atoms. The highest BCUT2D eigenvalue weighted by atomic mass is 16.5. The van der Waals surface area contributed by atoms with E-state index in [1.165, 1.54) is 6.20 Å². The van der Waals surface area contributed by atoms with E-state index >= 15 is 0 Å². The zero-order valence-electron chi connectivity index (χ0n) is 21.2. The fourth-order valence-electron chi connectivity index (χ4n) is 4.13. The number of aromatic nitrogens is 1. The van der Waals surface area contributed by atoms with Gasteiger partial charge in [0.1, 0.15) is 18.0 Å². The van der Waals surface area contributed by atoms with Crippen molar-refractivity contribution in [3.05, 3.63) is 99.8 Å². The van der Waals surface area contributed by atoms with Crippen molar-refractivity contribution in [1.82, 2.24) is 4.57 Å². The average molecular weight is 499 g/mol. The van der Waals surface area contributed by atoms with E-state index in [2.05, 4.69) is 5.32 Å². The normalized spacial score (nSPS) is 10.8. The summed E-state index contributed by atoms with van der Waals surface area (Å²) in [5.41, 5.74) is 2.27. The van der Waals surface area contributed by atoms with Crippen molar-refractivity contribution < 1.29 is 19.1 Å². The molecule has 0 aliphatic heterocycles. The maximum Gasteiger partial charge on any atom is 0.244 e. The monoisotopic (exact) mass is 498 g/mol. The smallest absolute Gasteiger partial charge is 0.244 e. The summed E-state index contributed by atoms with van der Waals surface area (Å²) in [5, 5.41) is 3.18. The number of ketones is 1. The van der Waals surface area contributed by atoms with E-state index in [0.29, 0.717) is 46.9 Å². The van der Waals surface area contributed by atoms with Crippen LogP contribution in [0.4, 0.5) is 5.69 Å². The number of amides is 1. The molecule has 0 unspecified atom stereocenters. The molecule has 0 fully saturated rings. The minimum Gasteiger partial charge on any atom is -0.494 e. The molecular weight excluding hydrogens is 468 g/mol. The molecule has 0 saturated carbocycles. The third-order valence-electron chi connectivity index (χ3n) is 5.99. The molecule has 0 radical (unpaired) electrons. The van der Waals surface area contributed by atoms with E-state index in [-0.39, 0.29) is 18.0 Å². The molecule has 37 heavy (non-hydrogen) atoms. The van der Waals surface area contributed by atoms with Crippen LogP contribution in [0.3, 0.4) is 0 Å². The molecule has 1 amide bonds. The first-order chi connectivity index (χ1) is 17.9. The van der Waals surface area contributed by atoms with Gasteiger partial charge in [-0.3, -0.25) is 14.4 Å². The molecule has 3 aromatic carbocycles. The Bertz CT molecular complexity index is 1470. The van der Waals surface area contributed by atoms with Crippen molar-refractivity contribution in [3.8, 4) is 11.5 Å². The van der Waals surface area contributed by atoms with Crippen LogP contribution < -0.4 is 20.2 Å². The van der Waals surface area contributed by atoms with Crippen LogP contribution in [0.2, 0.25) is 0 Å². The van der Waals surface area contributed by atoms with Crippen LogP contribution in [0.15, 0.2) is 77.7 Å². The molecule has 0 bridgehead atoms. The number of hydrogen-bond donors (Lipinski definition) is 1. The molecule has 7 nitrogen and oxygen atoms in total. The number of pyridine rings is 1. The molecule has 0 atom stereocenters. The van der Waals surface area contributed by atoms with Gasteiger partial charge in [0.25, 0.3) is 0 Å². The van der Waals surface area contributed by atoms with Gasteiger partial charge in [-0.1, -0.05) is 31.2 Å². The van der Waals surface area contributed by atoms with Gasteiger partial charge in [0.05, 0.1) is 29.7 Å². The molecule has 1 aromatic heterocycles. The van der Waals surface area contributed by atoms with Gasteiger partial charge < -0.3 is 19.4 Å². The highest BCUT2D eigenvalue weighted by Gasteiger charge is 2.19. The summed E-state index contributed by atoms with van der Waals surface area (Å²) in [6, 6.07) is 19.4. The highest BCUT2D eigenvalue weighted by Crippen LogP contribution is 2.21. The van der Waals surface area contributed by atoms with E-state index < -0.39 is 11.2 Å². The maximum atomic E-state index is 13.4. The average Bonchev–Trinajstić information content (AvgIpc) is 2.91. The second-order valence-electron chi connectivity index (χ2n) is 8.50. The first kappa shape index (κ1) is 25.7. The molecule has 0 aliphatic carbocycles. The number of benzene rings is 3. The summed E-state index contributed by atoms with van der Waals surface area (Å²) in [7, 11) is 0. The Kier molecular flexibility index (Phi) is 8.03. The van der Waals surface area contributed by atoms with Gasteiger partial charge in [0.15, 0.2) is 5.78 Å². The van der Waals surface area contributed by atoms with Gasteiger partial charge in [0.2, 0.25) is 11.3 Å². The van der Waals surface area contributed by atoms with Crippen LogP contribution in [0.1, 0.15) is 42.3 Å². The maximum absolute atomic E-state index is 13.4. The number of nitrogens with one attached hydrogen (secondary N) is 1. The number of aryl methyl sites for hydroxylation is 1. The summed E-state index contributed by atoms with van der Waals surface area (Å²) < 4.78 is 12.7. The van der Waals surface area contributed by atoms with E-state index in [4.69, 9.17) is 9.47 Å². The summed E-state index contributed by atoms with van der Waals surface area (Å²) >= 11 is 0. The summed E-state index contributed by atoms with van der Waals surface area (Å²) in [5.74, 6) is 0.548. The fraction of sp³-hybridized carbons (Fsp3) is 0.233. The van der Waals surface area contributed by atoms with Gasteiger partial charge in [-0.25, -0.2) is 0 Å². The van der Waals surface area contributed by atoms with E-state index in [1.807, 2.05) is 32.9 Å². The van der Waals surface area contributed by atoms with Crippen LogP contribution in [-0.4, -0.2) is 29.5 Å². The molecule has 7 heteroatoms. The number of carbonyl (C=O) groups is 2. The molecular formula is C30H30N2O5. The quantitative estimate of drug-likeness (QED) is 0.303. The van der Waals surface area contributed by atoms with Crippen molar-refractivity contribution in [2.75, 3.05) is 18.5 Å². The Balaban J connectivity index is 1.71. The van der Waals surface area contributed by atoms with Crippen LogP contribution >= 0.6 is 0 Å². The number of nitrogens with zero attached hydrogens (tertiary/aromatic N) is 1. The molecule has 1 N–H and O–H groups in total. The third-order valence-corrected chi connectivity index (χ3v) is 5.99. The molecule has 1 heterocycles. The van der Waals surface area contributed by atoms with Gasteiger partial charge in [-0.2, -0.15) is 0 Å². The topological polar surface area (TPSA) is 86.6 Å². The zero-order chi connectivity index (χ0) is 26.4. The molecule has 190 valence electrons. The molecule has 4 aromatic rings. The van der Waals surface area contributed by atoms with Crippen LogP contribution in [0.5, 0.6) is 11.5 Å². The Morgan fingerprint density at radius 2 is 1.49 bits per heavy atom. The lowest BCUT2D eigenvalue weighted by Crippen LogP contribution is -2.24. The molecule has 0 aliphatic rings. The zero-order valence-corrected chi connectivity index (χ0v) is 21.2. The number of hydrogen-bond acceptors (Lipinski definition) is 5. The Labute approximate surface area is 215 Å². The van der Waals surface area contributed by atoms with E-state index in [0.717, 1.165) is 12.0 Å². The predicted molar refractivity (Wildman–Crippen MR) is 145 cm³/mol. The number of carbonyl (C=O) groups excluding carboxylic acids is 2. The fourth-order valence-corrected chi connectivity index (χ4v) is 4.13. The van der Waals surface area contributed by atoms with Gasteiger partial charge >= 0.3 is 0 Å². The number of fused-ring (bicyclic) bond motifs is 1. The first-order valence-electron chi connectivity index (χ1n) is 12.4. The van der Waals surface area contributed by atoms with Crippen molar-refractivity contribution in [2.24, 2.45) is 0 Å². The van der Waals surface area contributed by atoms with Crippen LogP contribution in [-0.2, 0) is 17.8 Å². The second kappa shape index (κ2) is 11.6. The standard InChI is InChI=1S/C30H30N2O5/c1-4-20-7-9-21(10-8-20)29(34)26-18-32(27-16-15-24(37-6-3)17-25(27)30(26)35)19-28(33)31-22-11-13-23(14-12-22)36-5-2/h7-18H,4-6,19H2,1-3H3,(H,31,33). The summed E-state index contributed by atoms with van der Waals surface area (Å²) in [6.45, 7) is 6.70. The van der Waals surface area contributed by atoms with Crippen molar-refractivity contribution in [1.29, 1.82) is 0 Å². The Morgan fingerprint density at radius 3 is 2.14 bits per heavy atom. The largest absolute Gasteiger partial charge is 0.494 e. The first-order valence-corrected chi connectivity index (χ1v) is 12.4. The highest BCUT2D eigenvalue weighted by molar-refractivity contribution is 6.10. The third kappa shape index (κ3) is 5.89. The number of anilines is 1. The van der Waals surface area contributed by atoms with Crippen molar-refractivity contribution in [2.45, 2.75) is 33.7 Å². The van der Waals surface area contributed by atoms with Crippen LogP contribution in [0, 0.1) is 0 Å². The lowest BCUT2D eigenvalue weighted by atomic mass is 10.0. The SMILES string of the molecule is CCOc1ccc(NC(=O)Cn2cc(C(=O)c3ccc(CC)cc3)c(=O)c3cc(OCC)ccc32)cc1. The van der Waals surface area contributed by atoms with Crippen molar-refractivity contribution >= 4 is 28.3 Å². The van der Waals surface area contributed by atoms with E-state index in [1.54, 1.807) is 59.2 Å². The summed E-state index contributed by atoms with van der Waals surface area (Å²) in [6.07, 6.45) is 2.32. The van der Waals surface area contributed by atoms with Crippen LogP contribution in [0.25, 0.3) is 10.9 Å². The van der Waals surface area contributed by atoms with Gasteiger partial charge in [0, 0.05) is 17.4 Å². The van der Waals surface area contributed by atoms with Crippen molar-refractivity contribution in [3.63, 3.8) is 0 Å².